The number of fused-ring (bicyclic) bond motifs is 4. The molecule has 0 saturated heterocycles. The molecule has 138 valence electrons. The predicted molar refractivity (Wildman–Crippen MR) is 114 cm³/mol. The van der Waals surface area contributed by atoms with Gasteiger partial charge < -0.3 is 20.4 Å². The van der Waals surface area contributed by atoms with Crippen molar-refractivity contribution in [3.05, 3.63) is 66.7 Å². The Hall–Kier alpha value is -2.60. The quantitative estimate of drug-likeness (QED) is 0.289. The van der Waals surface area contributed by atoms with Crippen LogP contribution in [-0.2, 0) is 0 Å². The van der Waals surface area contributed by atoms with E-state index in [1.807, 2.05) is 30.3 Å². The third-order valence-electron chi connectivity index (χ3n) is 4.48. The van der Waals surface area contributed by atoms with Gasteiger partial charge in [0.05, 0.1) is 0 Å². The molecule has 4 rings (SSSR count). The maximum atomic E-state index is 9.14. The molecule has 0 aliphatic heterocycles. The zero-order valence-electron chi connectivity index (χ0n) is 15.4. The van der Waals surface area contributed by atoms with Crippen LogP contribution in [0, 0.1) is 0 Å². The van der Waals surface area contributed by atoms with Gasteiger partial charge in [-0.05, 0) is 58.1 Å². The minimum atomic E-state index is -1.83. The van der Waals surface area contributed by atoms with Crippen LogP contribution in [0.25, 0.3) is 32.3 Å². The Kier molecular flexibility index (Phi) is 6.30. The van der Waals surface area contributed by atoms with E-state index in [4.69, 9.17) is 20.4 Å². The minimum absolute atomic E-state index is 0.466. The standard InChI is InChI=1S/C18H13BO3.C4H11N/c20-19(21)22-17-7-3-6-12-8-9-15-10-13-4-1-2-5-14(13)11-16(15)18(12)17;1-2-3-4-5/h1-11,20-21H;2-5H2,1H3. The Balaban J connectivity index is 0.000000376. The van der Waals surface area contributed by atoms with Gasteiger partial charge in [0.1, 0.15) is 5.75 Å². The lowest BCUT2D eigenvalue weighted by Gasteiger charge is -2.12. The van der Waals surface area contributed by atoms with Crippen molar-refractivity contribution >= 4 is 39.6 Å². The molecule has 0 fully saturated rings. The first-order valence-corrected chi connectivity index (χ1v) is 9.21. The molecule has 4 N–H and O–H groups in total. The summed E-state index contributed by atoms with van der Waals surface area (Å²) in [6.45, 7) is 2.98. The number of benzene rings is 4. The molecule has 0 aliphatic carbocycles. The van der Waals surface area contributed by atoms with E-state index in [0.717, 1.165) is 33.5 Å². The van der Waals surface area contributed by atoms with Gasteiger partial charge in [0.25, 0.3) is 0 Å². The van der Waals surface area contributed by atoms with Crippen molar-refractivity contribution < 1.29 is 14.7 Å². The van der Waals surface area contributed by atoms with E-state index >= 15 is 0 Å². The number of hydrogen-bond acceptors (Lipinski definition) is 4. The lowest BCUT2D eigenvalue weighted by Crippen LogP contribution is -2.20. The van der Waals surface area contributed by atoms with Gasteiger partial charge in [0.15, 0.2) is 0 Å². The Morgan fingerprint density at radius 1 is 0.852 bits per heavy atom. The zero-order chi connectivity index (χ0) is 19.2. The van der Waals surface area contributed by atoms with E-state index in [1.165, 1.54) is 18.2 Å². The van der Waals surface area contributed by atoms with Crippen molar-refractivity contribution in [1.29, 1.82) is 0 Å². The van der Waals surface area contributed by atoms with Gasteiger partial charge >= 0.3 is 7.32 Å². The van der Waals surface area contributed by atoms with E-state index < -0.39 is 7.32 Å². The molecule has 4 nitrogen and oxygen atoms in total. The second kappa shape index (κ2) is 8.86. The predicted octanol–water partition coefficient (Wildman–Crippen LogP) is 4.24. The Bertz CT molecular complexity index is 1050. The summed E-state index contributed by atoms with van der Waals surface area (Å²) in [4.78, 5) is 0. The van der Waals surface area contributed by atoms with Crippen LogP contribution in [0.5, 0.6) is 5.75 Å². The molecule has 0 spiro atoms. The topological polar surface area (TPSA) is 75.7 Å². The van der Waals surface area contributed by atoms with Gasteiger partial charge in [-0.15, -0.1) is 0 Å². The van der Waals surface area contributed by atoms with Crippen LogP contribution in [0.3, 0.4) is 0 Å². The molecular weight excluding hydrogens is 337 g/mol. The molecule has 4 aromatic carbocycles. The average molecular weight is 361 g/mol. The summed E-state index contributed by atoms with van der Waals surface area (Å²) in [5, 5.41) is 24.6. The number of rotatable bonds is 4. The largest absolute Gasteiger partial charge is 0.707 e. The molecular formula is C22H24BNO3. The molecule has 0 heterocycles. The molecule has 5 heteroatoms. The van der Waals surface area contributed by atoms with E-state index in [0.29, 0.717) is 5.75 Å². The Morgan fingerprint density at radius 2 is 1.52 bits per heavy atom. The highest BCUT2D eigenvalue weighted by molar-refractivity contribution is 6.34. The summed E-state index contributed by atoms with van der Waals surface area (Å²) < 4.78 is 5.16. The van der Waals surface area contributed by atoms with Crippen LogP contribution in [0.15, 0.2) is 66.7 Å². The van der Waals surface area contributed by atoms with Crippen molar-refractivity contribution in [1.82, 2.24) is 0 Å². The Labute approximate surface area is 159 Å². The Morgan fingerprint density at radius 3 is 2.15 bits per heavy atom. The highest BCUT2D eigenvalue weighted by Gasteiger charge is 2.15. The summed E-state index contributed by atoms with van der Waals surface area (Å²) in [6, 6.07) is 22.1. The van der Waals surface area contributed by atoms with E-state index in [-0.39, 0.29) is 0 Å². The molecule has 0 radical (unpaired) electrons. The molecule has 0 bridgehead atoms. The van der Waals surface area contributed by atoms with Crippen molar-refractivity contribution in [3.63, 3.8) is 0 Å². The maximum Gasteiger partial charge on any atom is 0.707 e. The average Bonchev–Trinajstić information content (AvgIpc) is 2.67. The first kappa shape index (κ1) is 19.2. The van der Waals surface area contributed by atoms with Gasteiger partial charge in [-0.2, -0.15) is 0 Å². The molecule has 0 aromatic heterocycles. The fourth-order valence-corrected chi connectivity index (χ4v) is 3.18. The fraction of sp³-hybridized carbons (Fsp3) is 0.182. The van der Waals surface area contributed by atoms with Gasteiger partial charge in [0.2, 0.25) is 0 Å². The van der Waals surface area contributed by atoms with Crippen LogP contribution in [0.2, 0.25) is 0 Å². The van der Waals surface area contributed by atoms with Gasteiger partial charge in [-0.25, -0.2) is 0 Å². The third kappa shape index (κ3) is 4.39. The zero-order valence-corrected chi connectivity index (χ0v) is 15.4. The smallest absolute Gasteiger partial charge is 0.511 e. The SMILES string of the molecule is CCCCN.OB(O)Oc1cccc2ccc3cc4ccccc4cc3c12. The van der Waals surface area contributed by atoms with Gasteiger partial charge in [-0.1, -0.05) is 61.9 Å². The van der Waals surface area contributed by atoms with E-state index in [2.05, 4.69) is 37.3 Å². The van der Waals surface area contributed by atoms with Crippen LogP contribution >= 0.6 is 0 Å². The second-order valence-electron chi connectivity index (χ2n) is 6.43. The number of unbranched alkanes of at least 4 members (excludes halogenated alkanes) is 1. The van der Waals surface area contributed by atoms with Crippen molar-refractivity contribution in [3.8, 4) is 5.75 Å². The highest BCUT2D eigenvalue weighted by atomic mass is 16.6. The fourth-order valence-electron chi connectivity index (χ4n) is 3.18. The highest BCUT2D eigenvalue weighted by Crippen LogP contribution is 2.35. The first-order chi connectivity index (χ1) is 13.1. The number of hydrogen-bond donors (Lipinski definition) is 3. The van der Waals surface area contributed by atoms with Gasteiger partial charge in [0, 0.05) is 5.39 Å². The minimum Gasteiger partial charge on any atom is -0.511 e. The van der Waals surface area contributed by atoms with Crippen molar-refractivity contribution in [2.45, 2.75) is 19.8 Å². The molecule has 0 aliphatic rings. The van der Waals surface area contributed by atoms with Gasteiger partial charge in [-0.3, -0.25) is 0 Å². The molecule has 0 unspecified atom stereocenters. The normalized spacial score (nSPS) is 10.7. The molecule has 0 saturated carbocycles. The maximum absolute atomic E-state index is 9.14. The van der Waals surface area contributed by atoms with E-state index in [1.54, 1.807) is 6.07 Å². The summed E-state index contributed by atoms with van der Waals surface area (Å²) in [7, 11) is -1.83. The van der Waals surface area contributed by atoms with Crippen LogP contribution in [-0.4, -0.2) is 23.9 Å². The van der Waals surface area contributed by atoms with Crippen LogP contribution in [0.1, 0.15) is 19.8 Å². The van der Waals surface area contributed by atoms with Crippen molar-refractivity contribution in [2.75, 3.05) is 6.54 Å². The molecule has 0 atom stereocenters. The lowest BCUT2D eigenvalue weighted by molar-refractivity contribution is 0.289. The van der Waals surface area contributed by atoms with Crippen LogP contribution in [0.4, 0.5) is 0 Å². The summed E-state index contributed by atoms with van der Waals surface area (Å²) in [5.41, 5.74) is 5.14. The summed E-state index contributed by atoms with van der Waals surface area (Å²) >= 11 is 0. The molecule has 4 aromatic rings. The first-order valence-electron chi connectivity index (χ1n) is 9.21. The third-order valence-corrected chi connectivity index (χ3v) is 4.48. The molecule has 0 amide bonds. The van der Waals surface area contributed by atoms with Crippen LogP contribution < -0.4 is 10.4 Å². The van der Waals surface area contributed by atoms with E-state index in [9.17, 15) is 0 Å². The monoisotopic (exact) mass is 361 g/mol. The molecule has 27 heavy (non-hydrogen) atoms. The second-order valence-corrected chi connectivity index (χ2v) is 6.43. The lowest BCUT2D eigenvalue weighted by atomic mass is 9.97. The summed E-state index contributed by atoms with van der Waals surface area (Å²) in [5.74, 6) is 0.466. The number of nitrogens with two attached hydrogens (primary N) is 1. The van der Waals surface area contributed by atoms with Crippen molar-refractivity contribution in [2.24, 2.45) is 5.73 Å². The summed E-state index contributed by atoms with van der Waals surface area (Å²) in [6.07, 6.45) is 2.39.